The molecule has 4 rings (SSSR count). The maximum Gasteiger partial charge on any atom is 0.332 e. The van der Waals surface area contributed by atoms with E-state index in [4.69, 9.17) is 21.1 Å². The summed E-state index contributed by atoms with van der Waals surface area (Å²) < 4.78 is 13.0. The van der Waals surface area contributed by atoms with Gasteiger partial charge in [-0.3, -0.25) is 18.7 Å². The lowest BCUT2D eigenvalue weighted by Gasteiger charge is -2.14. The number of ether oxygens (including phenoxy) is 2. The second-order valence-electron chi connectivity index (χ2n) is 7.79. The van der Waals surface area contributed by atoms with E-state index in [2.05, 4.69) is 5.32 Å². The minimum atomic E-state index is -0.562. The van der Waals surface area contributed by atoms with E-state index in [1.807, 2.05) is 35.7 Å². The summed E-state index contributed by atoms with van der Waals surface area (Å²) in [6.07, 6.45) is 0.561. The van der Waals surface area contributed by atoms with Crippen molar-refractivity contribution >= 4 is 39.7 Å². The number of aromatic nitrogens is 2. The van der Waals surface area contributed by atoms with E-state index in [0.29, 0.717) is 40.4 Å². The van der Waals surface area contributed by atoms with Gasteiger partial charge in [0.05, 0.1) is 31.7 Å². The van der Waals surface area contributed by atoms with Gasteiger partial charge in [-0.15, -0.1) is 11.3 Å². The molecule has 182 valence electrons. The number of nitrogens with zero attached hydrogens (tertiary/aromatic N) is 2. The molecule has 10 heteroatoms. The van der Waals surface area contributed by atoms with Crippen LogP contribution in [0.3, 0.4) is 0 Å². The van der Waals surface area contributed by atoms with Crippen molar-refractivity contribution < 1.29 is 14.3 Å². The highest BCUT2D eigenvalue weighted by atomic mass is 35.5. The van der Waals surface area contributed by atoms with E-state index in [1.54, 1.807) is 26.4 Å². The Bertz CT molecular complexity index is 1480. The van der Waals surface area contributed by atoms with Crippen molar-refractivity contribution in [2.24, 2.45) is 0 Å². The maximum atomic E-state index is 13.3. The Kier molecular flexibility index (Phi) is 7.57. The number of carbonyl (C=O) groups excluding carboxylic acids is 1. The van der Waals surface area contributed by atoms with E-state index in [1.165, 1.54) is 22.0 Å². The fraction of sp³-hybridized carbons (Fsp3) is 0.240. The van der Waals surface area contributed by atoms with Crippen LogP contribution in [0.15, 0.2) is 63.5 Å². The fourth-order valence-corrected chi connectivity index (χ4v) is 4.68. The summed E-state index contributed by atoms with van der Waals surface area (Å²) in [5, 5.41) is 5.42. The number of carbonyl (C=O) groups is 1. The van der Waals surface area contributed by atoms with Gasteiger partial charge < -0.3 is 14.8 Å². The molecule has 2 aromatic carbocycles. The number of thiophene rings is 1. The van der Waals surface area contributed by atoms with Crippen molar-refractivity contribution in [1.82, 2.24) is 14.5 Å². The molecular weight excluding hydrogens is 490 g/mol. The molecule has 2 heterocycles. The van der Waals surface area contributed by atoms with Crippen LogP contribution in [0, 0.1) is 0 Å². The van der Waals surface area contributed by atoms with Crippen LogP contribution in [0.2, 0.25) is 5.02 Å². The Balaban J connectivity index is 1.56. The first-order chi connectivity index (χ1) is 16.9. The Morgan fingerprint density at radius 3 is 2.54 bits per heavy atom. The Morgan fingerprint density at radius 2 is 1.83 bits per heavy atom. The van der Waals surface area contributed by atoms with Gasteiger partial charge in [-0.2, -0.15) is 0 Å². The lowest BCUT2D eigenvalue weighted by Crippen LogP contribution is -2.43. The number of halogens is 1. The third kappa shape index (κ3) is 5.41. The monoisotopic (exact) mass is 513 g/mol. The minimum absolute atomic E-state index is 0.134. The molecule has 0 atom stereocenters. The lowest BCUT2D eigenvalue weighted by atomic mass is 10.1. The second kappa shape index (κ2) is 10.8. The predicted molar refractivity (Wildman–Crippen MR) is 137 cm³/mol. The molecule has 1 amide bonds. The summed E-state index contributed by atoms with van der Waals surface area (Å²) in [6, 6.07) is 14.0. The molecule has 0 bridgehead atoms. The highest BCUT2D eigenvalue weighted by Gasteiger charge is 2.16. The molecule has 35 heavy (non-hydrogen) atoms. The quantitative estimate of drug-likeness (QED) is 0.371. The zero-order chi connectivity index (χ0) is 24.9. The zero-order valence-corrected chi connectivity index (χ0v) is 20.8. The zero-order valence-electron chi connectivity index (χ0n) is 19.2. The van der Waals surface area contributed by atoms with Crippen molar-refractivity contribution in [3.05, 3.63) is 90.2 Å². The summed E-state index contributed by atoms with van der Waals surface area (Å²) >= 11 is 7.59. The van der Waals surface area contributed by atoms with Crippen LogP contribution in [-0.4, -0.2) is 35.8 Å². The number of fused-ring (bicyclic) bond motifs is 1. The topological polar surface area (TPSA) is 91.6 Å². The minimum Gasteiger partial charge on any atom is -0.493 e. The predicted octanol–water partition coefficient (Wildman–Crippen LogP) is 3.30. The Labute approximate surface area is 210 Å². The number of rotatable bonds is 9. The summed E-state index contributed by atoms with van der Waals surface area (Å²) in [4.78, 5) is 40.0. The Morgan fingerprint density at radius 1 is 1.03 bits per heavy atom. The smallest absolute Gasteiger partial charge is 0.332 e. The average molecular weight is 514 g/mol. The van der Waals surface area contributed by atoms with Gasteiger partial charge in [0.25, 0.3) is 5.56 Å². The van der Waals surface area contributed by atoms with Crippen molar-refractivity contribution in [2.75, 3.05) is 20.8 Å². The number of methoxy groups -OCH3 is 2. The van der Waals surface area contributed by atoms with E-state index in [0.717, 1.165) is 15.0 Å². The van der Waals surface area contributed by atoms with Crippen molar-refractivity contribution in [2.45, 2.75) is 19.5 Å². The number of nitrogens with one attached hydrogen (secondary N) is 1. The molecule has 1 N–H and O–H groups in total. The molecule has 0 aliphatic rings. The number of benzene rings is 2. The largest absolute Gasteiger partial charge is 0.493 e. The van der Waals surface area contributed by atoms with E-state index in [9.17, 15) is 14.4 Å². The number of hydrogen-bond donors (Lipinski definition) is 1. The third-order valence-electron chi connectivity index (χ3n) is 5.57. The van der Waals surface area contributed by atoms with Crippen LogP contribution < -0.4 is 26.0 Å². The van der Waals surface area contributed by atoms with Gasteiger partial charge in [-0.05, 0) is 53.8 Å². The van der Waals surface area contributed by atoms with Crippen LogP contribution in [0.25, 0.3) is 10.9 Å². The van der Waals surface area contributed by atoms with Gasteiger partial charge in [0.15, 0.2) is 11.5 Å². The molecule has 8 nitrogen and oxygen atoms in total. The molecule has 0 spiro atoms. The summed E-state index contributed by atoms with van der Waals surface area (Å²) in [5.74, 6) is 0.886. The summed E-state index contributed by atoms with van der Waals surface area (Å²) in [6.45, 7) is 0.248. The van der Waals surface area contributed by atoms with Crippen LogP contribution in [-0.2, 0) is 24.3 Å². The molecule has 0 radical (unpaired) electrons. The van der Waals surface area contributed by atoms with E-state index < -0.39 is 11.2 Å². The average Bonchev–Trinajstić information content (AvgIpc) is 3.37. The number of amides is 1. The first-order valence-electron chi connectivity index (χ1n) is 10.8. The molecule has 0 saturated carbocycles. The third-order valence-corrected chi connectivity index (χ3v) is 6.66. The van der Waals surface area contributed by atoms with Gasteiger partial charge in [0.1, 0.15) is 6.54 Å². The van der Waals surface area contributed by atoms with Crippen LogP contribution in [0.5, 0.6) is 11.5 Å². The SMILES string of the molecule is COc1ccc(CCNC(=O)Cn2c(=O)n(Cc3cccs3)c(=O)c3ccc(Cl)cc32)cc1OC. The highest BCUT2D eigenvalue weighted by molar-refractivity contribution is 7.09. The van der Waals surface area contributed by atoms with Crippen LogP contribution in [0.4, 0.5) is 0 Å². The maximum absolute atomic E-state index is 13.3. The van der Waals surface area contributed by atoms with Gasteiger partial charge in [-0.25, -0.2) is 4.79 Å². The molecule has 0 fully saturated rings. The molecule has 0 aliphatic carbocycles. The molecule has 4 aromatic rings. The van der Waals surface area contributed by atoms with Gasteiger partial charge >= 0.3 is 5.69 Å². The van der Waals surface area contributed by atoms with Crippen molar-refractivity contribution in [3.63, 3.8) is 0 Å². The molecule has 0 aliphatic heterocycles. The molecule has 0 saturated heterocycles. The summed E-state index contributed by atoms with van der Waals surface area (Å²) in [5.41, 5.74) is 0.306. The standard InChI is InChI=1S/C25H24ClN3O5S/c1-33-21-8-5-16(12-22(21)34-2)9-10-27-23(30)15-28-20-13-17(26)6-7-19(20)24(31)29(25(28)32)14-18-4-3-11-35-18/h3-8,11-13H,9-10,14-15H2,1-2H3,(H,27,30). The first-order valence-corrected chi connectivity index (χ1v) is 12.1. The fourth-order valence-electron chi connectivity index (χ4n) is 3.82. The van der Waals surface area contributed by atoms with Gasteiger partial charge in [0.2, 0.25) is 5.91 Å². The van der Waals surface area contributed by atoms with Gasteiger partial charge in [-0.1, -0.05) is 23.7 Å². The Hall–Kier alpha value is -3.56. The van der Waals surface area contributed by atoms with Crippen molar-refractivity contribution in [3.8, 4) is 11.5 Å². The second-order valence-corrected chi connectivity index (χ2v) is 9.26. The van der Waals surface area contributed by atoms with E-state index in [-0.39, 0.29) is 19.0 Å². The molecule has 0 unspecified atom stereocenters. The summed E-state index contributed by atoms with van der Waals surface area (Å²) in [7, 11) is 3.13. The van der Waals surface area contributed by atoms with Crippen LogP contribution >= 0.6 is 22.9 Å². The normalized spacial score (nSPS) is 10.9. The van der Waals surface area contributed by atoms with Crippen molar-refractivity contribution in [1.29, 1.82) is 0 Å². The highest BCUT2D eigenvalue weighted by Crippen LogP contribution is 2.27. The van der Waals surface area contributed by atoms with Crippen LogP contribution in [0.1, 0.15) is 10.4 Å². The first kappa shape index (κ1) is 24.6. The van der Waals surface area contributed by atoms with Gasteiger partial charge in [0, 0.05) is 16.4 Å². The molecule has 2 aromatic heterocycles. The van der Waals surface area contributed by atoms with E-state index >= 15 is 0 Å². The lowest BCUT2D eigenvalue weighted by molar-refractivity contribution is -0.121. The number of hydrogen-bond acceptors (Lipinski definition) is 6. The molecular formula is C25H24ClN3O5S.